The van der Waals surface area contributed by atoms with Crippen LogP contribution in [-0.2, 0) is 0 Å². The molecule has 0 radical (unpaired) electrons. The Morgan fingerprint density at radius 3 is 3.10 bits per heavy atom. The first kappa shape index (κ1) is 5.22. The highest BCUT2D eigenvalue weighted by Gasteiger charge is 1.95. The van der Waals surface area contributed by atoms with Gasteiger partial charge in [-0.2, -0.15) is 0 Å². The summed E-state index contributed by atoms with van der Waals surface area (Å²) in [5.41, 5.74) is 6.27. The topological polar surface area (TPSA) is 56.2 Å². The third kappa shape index (κ3) is 0.556. The van der Waals surface area contributed by atoms with E-state index in [4.69, 9.17) is 5.73 Å². The number of hydrogen-bond donors (Lipinski definition) is 1. The second kappa shape index (κ2) is 1.70. The Labute approximate surface area is 57.3 Å². The number of nitrogens with zero attached hydrogens (tertiary/aromatic N) is 3. The van der Waals surface area contributed by atoms with Gasteiger partial charge in [0, 0.05) is 12.4 Å². The maximum absolute atomic E-state index is 5.49. The molecule has 2 aromatic heterocycles. The van der Waals surface area contributed by atoms with Gasteiger partial charge in [0.2, 0.25) is 5.95 Å². The van der Waals surface area contributed by atoms with E-state index in [1.165, 1.54) is 0 Å². The molecule has 2 aromatic rings. The lowest BCUT2D eigenvalue weighted by Crippen LogP contribution is -1.93. The fourth-order valence-electron chi connectivity index (χ4n) is 0.858. The third-order valence-corrected chi connectivity index (χ3v) is 1.33. The monoisotopic (exact) mass is 134 g/mol. The average Bonchev–Trinajstić information content (AvgIpc) is 2.34. The van der Waals surface area contributed by atoms with Crippen LogP contribution < -0.4 is 5.73 Å². The fourth-order valence-corrected chi connectivity index (χ4v) is 0.858. The van der Waals surface area contributed by atoms with Crippen molar-refractivity contribution in [3.8, 4) is 0 Å². The van der Waals surface area contributed by atoms with E-state index < -0.39 is 0 Å². The van der Waals surface area contributed by atoms with Crippen molar-refractivity contribution in [3.05, 3.63) is 24.7 Å². The number of imidazole rings is 1. The van der Waals surface area contributed by atoms with E-state index in [9.17, 15) is 0 Å². The van der Waals surface area contributed by atoms with Crippen molar-refractivity contribution in [2.45, 2.75) is 0 Å². The first-order valence-electron chi connectivity index (χ1n) is 2.91. The number of anilines is 1. The highest BCUT2D eigenvalue weighted by Crippen LogP contribution is 2.02. The lowest BCUT2D eigenvalue weighted by atomic mass is 10.6. The number of hydrogen-bond acceptors (Lipinski definition) is 3. The highest BCUT2D eigenvalue weighted by atomic mass is 15.1. The van der Waals surface area contributed by atoms with E-state index in [0.717, 1.165) is 5.65 Å². The molecule has 2 heterocycles. The van der Waals surface area contributed by atoms with Gasteiger partial charge in [-0.25, -0.2) is 9.97 Å². The molecule has 2 rings (SSSR count). The maximum atomic E-state index is 5.49. The summed E-state index contributed by atoms with van der Waals surface area (Å²) in [5.74, 6) is 0.475. The van der Waals surface area contributed by atoms with Crippen LogP contribution in [0.1, 0.15) is 0 Å². The zero-order chi connectivity index (χ0) is 6.97. The summed E-state index contributed by atoms with van der Waals surface area (Å²) in [6, 6.07) is 1.81. The molecule has 4 nitrogen and oxygen atoms in total. The molecule has 4 heteroatoms. The van der Waals surface area contributed by atoms with Gasteiger partial charge in [-0.3, -0.25) is 4.40 Å². The molecule has 0 spiro atoms. The Kier molecular flexibility index (Phi) is 0.887. The first-order valence-corrected chi connectivity index (χ1v) is 2.91. The lowest BCUT2D eigenvalue weighted by Gasteiger charge is -1.90. The van der Waals surface area contributed by atoms with Crippen molar-refractivity contribution < 1.29 is 0 Å². The van der Waals surface area contributed by atoms with E-state index in [1.54, 1.807) is 16.8 Å². The minimum absolute atomic E-state index is 0.475. The van der Waals surface area contributed by atoms with Crippen molar-refractivity contribution in [1.29, 1.82) is 0 Å². The second-order valence-electron chi connectivity index (χ2n) is 1.96. The Bertz CT molecular complexity index is 351. The summed E-state index contributed by atoms with van der Waals surface area (Å²) in [4.78, 5) is 7.90. The van der Waals surface area contributed by atoms with Gasteiger partial charge in [0.1, 0.15) is 0 Å². The third-order valence-electron chi connectivity index (χ3n) is 1.33. The molecule has 2 N–H and O–H groups in total. The Morgan fingerprint density at radius 2 is 2.30 bits per heavy atom. The van der Waals surface area contributed by atoms with E-state index in [1.807, 2.05) is 12.3 Å². The van der Waals surface area contributed by atoms with E-state index >= 15 is 0 Å². The molecular formula is C6H6N4. The molecule has 0 saturated heterocycles. The molecular weight excluding hydrogens is 128 g/mol. The van der Waals surface area contributed by atoms with E-state index in [2.05, 4.69) is 9.97 Å². The van der Waals surface area contributed by atoms with Crippen LogP contribution >= 0.6 is 0 Å². The molecule has 0 saturated carbocycles. The Balaban J connectivity index is 2.93. The van der Waals surface area contributed by atoms with Crippen LogP contribution in [0.4, 0.5) is 5.95 Å². The number of rotatable bonds is 0. The summed E-state index contributed by atoms with van der Waals surface area (Å²) in [7, 11) is 0. The predicted octanol–water partition coefficient (Wildman–Crippen LogP) is 0.311. The van der Waals surface area contributed by atoms with Crippen LogP contribution in [0.2, 0.25) is 0 Å². The minimum Gasteiger partial charge on any atom is -0.369 e. The number of aromatic nitrogens is 3. The van der Waals surface area contributed by atoms with Gasteiger partial charge < -0.3 is 5.73 Å². The van der Waals surface area contributed by atoms with Crippen molar-refractivity contribution >= 4 is 11.6 Å². The molecule has 0 atom stereocenters. The predicted molar refractivity (Wildman–Crippen MR) is 37.4 cm³/mol. The van der Waals surface area contributed by atoms with Gasteiger partial charge in [0.25, 0.3) is 0 Å². The smallest absolute Gasteiger partial charge is 0.206 e. The summed E-state index contributed by atoms with van der Waals surface area (Å²) in [6.07, 6.45) is 5.16. The number of nitrogens with two attached hydrogens (primary N) is 1. The van der Waals surface area contributed by atoms with Crippen LogP contribution in [0.25, 0.3) is 5.65 Å². The second-order valence-corrected chi connectivity index (χ2v) is 1.96. The standard InChI is InChI=1S/C6H6N4/c7-6-9-4-5-8-2-1-3-10(5)6/h1-4H,(H2,7,9). The molecule has 0 aliphatic carbocycles. The van der Waals surface area contributed by atoms with Gasteiger partial charge >= 0.3 is 0 Å². The van der Waals surface area contributed by atoms with Gasteiger partial charge in [0.15, 0.2) is 5.65 Å². The quantitative estimate of drug-likeness (QED) is 0.564. The van der Waals surface area contributed by atoms with E-state index in [-0.39, 0.29) is 0 Å². The van der Waals surface area contributed by atoms with Crippen LogP contribution in [0.3, 0.4) is 0 Å². The van der Waals surface area contributed by atoms with E-state index in [0.29, 0.717) is 5.95 Å². The first-order chi connectivity index (χ1) is 4.88. The van der Waals surface area contributed by atoms with Crippen molar-refractivity contribution in [1.82, 2.24) is 14.4 Å². The Morgan fingerprint density at radius 1 is 1.40 bits per heavy atom. The molecule has 50 valence electrons. The van der Waals surface area contributed by atoms with Gasteiger partial charge in [-0.1, -0.05) is 0 Å². The van der Waals surface area contributed by atoms with Gasteiger partial charge in [-0.15, -0.1) is 0 Å². The molecule has 0 amide bonds. The lowest BCUT2D eigenvalue weighted by molar-refractivity contribution is 1.12. The zero-order valence-electron chi connectivity index (χ0n) is 5.23. The highest BCUT2D eigenvalue weighted by molar-refractivity contribution is 5.42. The van der Waals surface area contributed by atoms with Crippen molar-refractivity contribution in [2.75, 3.05) is 5.73 Å². The normalized spacial score (nSPS) is 10.4. The Hall–Kier alpha value is -1.58. The van der Waals surface area contributed by atoms with Crippen LogP contribution in [0.15, 0.2) is 24.7 Å². The average molecular weight is 134 g/mol. The largest absolute Gasteiger partial charge is 0.369 e. The molecule has 0 aliphatic rings. The van der Waals surface area contributed by atoms with Crippen LogP contribution in [0, 0.1) is 0 Å². The van der Waals surface area contributed by atoms with Crippen LogP contribution in [0.5, 0.6) is 0 Å². The summed E-state index contributed by atoms with van der Waals surface area (Å²) < 4.78 is 1.72. The van der Waals surface area contributed by atoms with Crippen molar-refractivity contribution in [2.24, 2.45) is 0 Å². The number of nitrogen functional groups attached to an aromatic ring is 1. The molecule has 0 bridgehead atoms. The minimum atomic E-state index is 0.475. The molecule has 0 fully saturated rings. The molecule has 10 heavy (non-hydrogen) atoms. The SMILES string of the molecule is Nc1ncc2ncccn12. The summed E-state index contributed by atoms with van der Waals surface area (Å²) >= 11 is 0. The van der Waals surface area contributed by atoms with Crippen LogP contribution in [-0.4, -0.2) is 14.4 Å². The molecule has 0 aliphatic heterocycles. The zero-order valence-corrected chi connectivity index (χ0v) is 5.23. The molecule has 0 aromatic carbocycles. The summed E-state index contributed by atoms with van der Waals surface area (Å²) in [6.45, 7) is 0. The maximum Gasteiger partial charge on any atom is 0.206 e. The molecule has 0 unspecified atom stereocenters. The van der Waals surface area contributed by atoms with Crippen molar-refractivity contribution in [3.63, 3.8) is 0 Å². The van der Waals surface area contributed by atoms with Gasteiger partial charge in [-0.05, 0) is 6.07 Å². The number of fused-ring (bicyclic) bond motifs is 1. The fraction of sp³-hybridized carbons (Fsp3) is 0. The van der Waals surface area contributed by atoms with Gasteiger partial charge in [0.05, 0.1) is 6.20 Å². The summed E-state index contributed by atoms with van der Waals surface area (Å²) in [5, 5.41) is 0.